The van der Waals surface area contributed by atoms with Gasteiger partial charge in [-0.25, -0.2) is 4.79 Å². The average Bonchev–Trinajstić information content (AvgIpc) is 2.65. The summed E-state index contributed by atoms with van der Waals surface area (Å²) in [6, 6.07) is 12.0. The maximum Gasteiger partial charge on any atom is 0.319 e. The molecule has 0 aliphatic carbocycles. The van der Waals surface area contributed by atoms with Crippen LogP contribution in [0.4, 0.5) is 10.5 Å². The summed E-state index contributed by atoms with van der Waals surface area (Å²) in [6.07, 6.45) is 5.34. The molecule has 6 heteroatoms. The molecule has 3 N–H and O–H groups in total. The van der Waals surface area contributed by atoms with Crippen LogP contribution in [0.15, 0.2) is 42.5 Å². The Morgan fingerprint density at radius 3 is 2.80 bits per heavy atom. The summed E-state index contributed by atoms with van der Waals surface area (Å²) in [5.41, 5.74) is 2.17. The standard InChI is InChI=1S/C19H20N2O4/c1-3-14-5-4-6-16(11-14)21-19(23)20-13-15-7-8-17(25-10-9-22)18(12-15)24-2/h1,4-8,11-12,22H,9-10,13H2,2H3,(H2,20,21,23). The van der Waals surface area contributed by atoms with Crippen LogP contribution in [-0.2, 0) is 6.54 Å². The van der Waals surface area contributed by atoms with Crippen LogP contribution in [0.25, 0.3) is 0 Å². The summed E-state index contributed by atoms with van der Waals surface area (Å²) in [5.74, 6) is 3.59. The third-order valence-corrected chi connectivity index (χ3v) is 3.32. The number of aliphatic hydroxyl groups is 1. The Bertz CT molecular complexity index is 768. The van der Waals surface area contributed by atoms with Gasteiger partial charge in [-0.2, -0.15) is 0 Å². The van der Waals surface area contributed by atoms with Crippen molar-refractivity contribution in [2.75, 3.05) is 25.6 Å². The lowest BCUT2D eigenvalue weighted by molar-refractivity contribution is 0.196. The van der Waals surface area contributed by atoms with Crippen molar-refractivity contribution in [3.8, 4) is 23.8 Å². The van der Waals surface area contributed by atoms with E-state index in [0.717, 1.165) is 5.56 Å². The fourth-order valence-corrected chi connectivity index (χ4v) is 2.14. The Morgan fingerprint density at radius 2 is 2.08 bits per heavy atom. The lowest BCUT2D eigenvalue weighted by atomic mass is 10.2. The van der Waals surface area contributed by atoms with E-state index in [2.05, 4.69) is 16.6 Å². The number of benzene rings is 2. The number of amides is 2. The van der Waals surface area contributed by atoms with Gasteiger partial charge in [0.2, 0.25) is 0 Å². The van der Waals surface area contributed by atoms with Crippen molar-refractivity contribution < 1.29 is 19.4 Å². The number of hydrogen-bond donors (Lipinski definition) is 3. The van der Waals surface area contributed by atoms with Gasteiger partial charge < -0.3 is 25.2 Å². The molecular formula is C19H20N2O4. The van der Waals surface area contributed by atoms with Crippen molar-refractivity contribution in [3.63, 3.8) is 0 Å². The highest BCUT2D eigenvalue weighted by molar-refractivity contribution is 5.89. The first kappa shape index (κ1) is 18.2. The van der Waals surface area contributed by atoms with E-state index in [0.29, 0.717) is 29.3 Å². The smallest absolute Gasteiger partial charge is 0.319 e. The van der Waals surface area contributed by atoms with E-state index in [1.165, 1.54) is 7.11 Å². The van der Waals surface area contributed by atoms with Gasteiger partial charge in [-0.05, 0) is 35.9 Å². The molecule has 6 nitrogen and oxygen atoms in total. The monoisotopic (exact) mass is 340 g/mol. The number of urea groups is 1. The number of aliphatic hydroxyl groups excluding tert-OH is 1. The summed E-state index contributed by atoms with van der Waals surface area (Å²) >= 11 is 0. The first-order valence-corrected chi connectivity index (χ1v) is 7.68. The molecule has 2 aromatic carbocycles. The van der Waals surface area contributed by atoms with Crippen LogP contribution >= 0.6 is 0 Å². The second-order valence-electron chi connectivity index (χ2n) is 5.09. The van der Waals surface area contributed by atoms with Gasteiger partial charge in [0.15, 0.2) is 11.5 Å². The average molecular weight is 340 g/mol. The summed E-state index contributed by atoms with van der Waals surface area (Å²) in [7, 11) is 1.53. The molecule has 2 amide bonds. The molecule has 0 atom stereocenters. The zero-order chi connectivity index (χ0) is 18.1. The first-order valence-electron chi connectivity index (χ1n) is 7.68. The minimum absolute atomic E-state index is 0.0759. The largest absolute Gasteiger partial charge is 0.493 e. The van der Waals surface area contributed by atoms with Gasteiger partial charge in [0, 0.05) is 17.8 Å². The second kappa shape index (κ2) is 9.21. The Balaban J connectivity index is 1.93. The zero-order valence-electron chi connectivity index (χ0n) is 13.9. The molecule has 0 aromatic heterocycles. The van der Waals surface area contributed by atoms with Crippen molar-refractivity contribution in [1.29, 1.82) is 0 Å². The van der Waals surface area contributed by atoms with Crippen LogP contribution in [-0.4, -0.2) is 31.5 Å². The quantitative estimate of drug-likeness (QED) is 0.676. The van der Waals surface area contributed by atoms with Crippen LogP contribution in [0.1, 0.15) is 11.1 Å². The van der Waals surface area contributed by atoms with Gasteiger partial charge in [0.25, 0.3) is 0 Å². The lowest BCUT2D eigenvalue weighted by Gasteiger charge is -2.12. The topological polar surface area (TPSA) is 79.8 Å². The predicted molar refractivity (Wildman–Crippen MR) is 95.8 cm³/mol. The SMILES string of the molecule is C#Cc1cccc(NC(=O)NCc2ccc(OCCO)c(OC)c2)c1. The molecule has 0 saturated carbocycles. The Morgan fingerprint density at radius 1 is 1.24 bits per heavy atom. The van der Waals surface area contributed by atoms with Crippen LogP contribution in [0.5, 0.6) is 11.5 Å². The van der Waals surface area contributed by atoms with E-state index >= 15 is 0 Å². The second-order valence-corrected chi connectivity index (χ2v) is 5.09. The highest BCUT2D eigenvalue weighted by Crippen LogP contribution is 2.27. The van der Waals surface area contributed by atoms with Crippen molar-refractivity contribution >= 4 is 11.7 Å². The number of ether oxygens (including phenoxy) is 2. The van der Waals surface area contributed by atoms with Crippen LogP contribution in [0.3, 0.4) is 0 Å². The molecule has 0 aliphatic heterocycles. The third-order valence-electron chi connectivity index (χ3n) is 3.32. The molecule has 0 aliphatic rings. The predicted octanol–water partition coefficient (Wildman–Crippen LogP) is 2.37. The number of terminal acetylenes is 1. The molecule has 0 spiro atoms. The van der Waals surface area contributed by atoms with E-state index in [4.69, 9.17) is 21.0 Å². The molecule has 0 saturated heterocycles. The van der Waals surface area contributed by atoms with Crippen molar-refractivity contribution in [2.24, 2.45) is 0 Å². The number of carbonyl (C=O) groups is 1. The normalized spacial score (nSPS) is 9.80. The Kier molecular flexibility index (Phi) is 6.69. The minimum atomic E-state index is -0.339. The molecule has 0 heterocycles. The van der Waals surface area contributed by atoms with Gasteiger partial charge in [-0.15, -0.1) is 6.42 Å². The van der Waals surface area contributed by atoms with E-state index in [9.17, 15) is 4.79 Å². The summed E-state index contributed by atoms with van der Waals surface area (Å²) in [6.45, 7) is 0.428. The summed E-state index contributed by atoms with van der Waals surface area (Å²) in [5, 5.41) is 14.3. The lowest BCUT2D eigenvalue weighted by Crippen LogP contribution is -2.28. The van der Waals surface area contributed by atoms with E-state index in [1.54, 1.807) is 36.4 Å². The molecule has 130 valence electrons. The van der Waals surface area contributed by atoms with Crippen molar-refractivity contribution in [1.82, 2.24) is 5.32 Å². The Hall–Kier alpha value is -3.17. The fraction of sp³-hybridized carbons (Fsp3) is 0.211. The van der Waals surface area contributed by atoms with Crippen LogP contribution in [0, 0.1) is 12.3 Å². The molecule has 2 rings (SSSR count). The van der Waals surface area contributed by atoms with E-state index in [-0.39, 0.29) is 19.2 Å². The first-order chi connectivity index (χ1) is 12.2. The van der Waals surface area contributed by atoms with E-state index in [1.807, 2.05) is 6.07 Å². The zero-order valence-corrected chi connectivity index (χ0v) is 13.9. The summed E-state index contributed by atoms with van der Waals surface area (Å²) in [4.78, 5) is 12.0. The number of carbonyl (C=O) groups excluding carboxylic acids is 1. The number of anilines is 1. The van der Waals surface area contributed by atoms with Gasteiger partial charge in [0.1, 0.15) is 6.61 Å². The molecule has 0 bridgehead atoms. The maximum atomic E-state index is 12.0. The van der Waals surface area contributed by atoms with Crippen molar-refractivity contribution in [3.05, 3.63) is 53.6 Å². The molecule has 25 heavy (non-hydrogen) atoms. The molecule has 0 fully saturated rings. The highest BCUT2D eigenvalue weighted by atomic mass is 16.5. The van der Waals surface area contributed by atoms with Gasteiger partial charge >= 0.3 is 6.03 Å². The highest BCUT2D eigenvalue weighted by Gasteiger charge is 2.07. The maximum absolute atomic E-state index is 12.0. The molecule has 0 radical (unpaired) electrons. The van der Waals surface area contributed by atoms with Gasteiger partial charge in [-0.1, -0.05) is 18.1 Å². The molecule has 0 unspecified atom stereocenters. The summed E-state index contributed by atoms with van der Waals surface area (Å²) < 4.78 is 10.6. The molecular weight excluding hydrogens is 320 g/mol. The Labute approximate surface area is 146 Å². The number of rotatable bonds is 7. The minimum Gasteiger partial charge on any atom is -0.493 e. The number of hydrogen-bond acceptors (Lipinski definition) is 4. The van der Waals surface area contributed by atoms with E-state index < -0.39 is 0 Å². The number of methoxy groups -OCH3 is 1. The van der Waals surface area contributed by atoms with Gasteiger partial charge in [0.05, 0.1) is 13.7 Å². The number of nitrogens with one attached hydrogen (secondary N) is 2. The van der Waals surface area contributed by atoms with Gasteiger partial charge in [-0.3, -0.25) is 0 Å². The molecule has 2 aromatic rings. The fourth-order valence-electron chi connectivity index (χ4n) is 2.14. The van der Waals surface area contributed by atoms with Crippen LogP contribution < -0.4 is 20.1 Å². The van der Waals surface area contributed by atoms with Crippen LogP contribution in [0.2, 0.25) is 0 Å². The van der Waals surface area contributed by atoms with Crippen molar-refractivity contribution in [2.45, 2.75) is 6.54 Å². The third kappa shape index (κ3) is 5.44.